The first-order chi connectivity index (χ1) is 7.95. The van der Waals surface area contributed by atoms with Gasteiger partial charge in [-0.2, -0.15) is 5.10 Å². The SMILES string of the molecule is c1cnnc(-c2nnc3n2CCCCC3)c1. The Morgan fingerprint density at radius 3 is 2.94 bits per heavy atom. The number of nitrogens with zero attached hydrogens (tertiary/aromatic N) is 5. The summed E-state index contributed by atoms with van der Waals surface area (Å²) in [5, 5.41) is 16.4. The molecular formula is C11H13N5. The molecular weight excluding hydrogens is 202 g/mol. The van der Waals surface area contributed by atoms with Gasteiger partial charge in [0.25, 0.3) is 0 Å². The van der Waals surface area contributed by atoms with Crippen LogP contribution in [0.25, 0.3) is 11.5 Å². The number of aromatic nitrogens is 5. The lowest BCUT2D eigenvalue weighted by Crippen LogP contribution is -2.03. The van der Waals surface area contributed by atoms with Crippen LogP contribution in [0.2, 0.25) is 0 Å². The van der Waals surface area contributed by atoms with Crippen LogP contribution in [0.15, 0.2) is 18.3 Å². The third kappa shape index (κ3) is 1.58. The molecule has 5 nitrogen and oxygen atoms in total. The monoisotopic (exact) mass is 215 g/mol. The standard InChI is InChI=1S/C11H13N5/c1-2-6-10-14-15-11(16(10)8-3-1)9-5-4-7-12-13-9/h4-5,7H,1-3,6,8H2. The highest BCUT2D eigenvalue weighted by Crippen LogP contribution is 2.20. The van der Waals surface area contributed by atoms with Gasteiger partial charge in [0.05, 0.1) is 0 Å². The van der Waals surface area contributed by atoms with Crippen LogP contribution in [0.4, 0.5) is 0 Å². The van der Waals surface area contributed by atoms with E-state index in [4.69, 9.17) is 0 Å². The smallest absolute Gasteiger partial charge is 0.184 e. The zero-order valence-electron chi connectivity index (χ0n) is 9.00. The molecule has 2 aromatic heterocycles. The number of hydrogen-bond donors (Lipinski definition) is 0. The molecule has 5 heteroatoms. The van der Waals surface area contributed by atoms with Crippen molar-refractivity contribution in [2.45, 2.75) is 32.2 Å². The van der Waals surface area contributed by atoms with Crippen molar-refractivity contribution < 1.29 is 0 Å². The zero-order chi connectivity index (χ0) is 10.8. The lowest BCUT2D eigenvalue weighted by molar-refractivity contribution is 0.635. The molecule has 0 bridgehead atoms. The summed E-state index contributed by atoms with van der Waals surface area (Å²) in [6.07, 6.45) is 6.36. The van der Waals surface area contributed by atoms with E-state index in [1.807, 2.05) is 12.1 Å². The minimum atomic E-state index is 0.808. The molecule has 0 spiro atoms. The third-order valence-electron chi connectivity index (χ3n) is 2.91. The van der Waals surface area contributed by atoms with Crippen LogP contribution < -0.4 is 0 Å². The van der Waals surface area contributed by atoms with Crippen molar-refractivity contribution in [1.29, 1.82) is 0 Å². The average Bonchev–Trinajstić information content (AvgIpc) is 2.60. The van der Waals surface area contributed by atoms with E-state index in [2.05, 4.69) is 25.0 Å². The lowest BCUT2D eigenvalue weighted by atomic mass is 10.2. The predicted molar refractivity (Wildman–Crippen MR) is 58.6 cm³/mol. The molecule has 0 aliphatic carbocycles. The Balaban J connectivity index is 2.06. The van der Waals surface area contributed by atoms with Crippen molar-refractivity contribution in [3.8, 4) is 11.5 Å². The topological polar surface area (TPSA) is 56.5 Å². The van der Waals surface area contributed by atoms with Gasteiger partial charge in [-0.05, 0) is 25.0 Å². The Morgan fingerprint density at radius 1 is 1.06 bits per heavy atom. The van der Waals surface area contributed by atoms with Crippen molar-refractivity contribution in [3.63, 3.8) is 0 Å². The lowest BCUT2D eigenvalue weighted by Gasteiger charge is -2.04. The van der Waals surface area contributed by atoms with E-state index in [9.17, 15) is 0 Å². The van der Waals surface area contributed by atoms with Crippen LogP contribution in [0.1, 0.15) is 25.1 Å². The van der Waals surface area contributed by atoms with Gasteiger partial charge < -0.3 is 4.57 Å². The van der Waals surface area contributed by atoms with E-state index >= 15 is 0 Å². The average molecular weight is 215 g/mol. The summed E-state index contributed by atoms with van der Waals surface area (Å²) in [6.45, 7) is 0.994. The zero-order valence-corrected chi connectivity index (χ0v) is 9.00. The quantitative estimate of drug-likeness (QED) is 0.722. The molecule has 82 valence electrons. The maximum absolute atomic E-state index is 4.24. The Hall–Kier alpha value is -1.78. The number of fused-ring (bicyclic) bond motifs is 1. The summed E-state index contributed by atoms with van der Waals surface area (Å²) in [4.78, 5) is 0. The van der Waals surface area contributed by atoms with Gasteiger partial charge >= 0.3 is 0 Å². The molecule has 0 amide bonds. The molecule has 16 heavy (non-hydrogen) atoms. The molecule has 0 unspecified atom stereocenters. The summed E-state index contributed by atoms with van der Waals surface area (Å²) in [5.41, 5.74) is 0.808. The minimum absolute atomic E-state index is 0.808. The van der Waals surface area contributed by atoms with Crippen LogP contribution >= 0.6 is 0 Å². The van der Waals surface area contributed by atoms with Gasteiger partial charge in [-0.1, -0.05) is 6.42 Å². The maximum atomic E-state index is 4.24. The molecule has 3 rings (SSSR count). The number of rotatable bonds is 1. The highest BCUT2D eigenvalue weighted by molar-refractivity contribution is 5.48. The highest BCUT2D eigenvalue weighted by atomic mass is 15.3. The molecule has 2 aromatic rings. The molecule has 0 saturated carbocycles. The van der Waals surface area contributed by atoms with Gasteiger partial charge in [-0.3, -0.25) is 0 Å². The van der Waals surface area contributed by atoms with Crippen LogP contribution in [0.3, 0.4) is 0 Å². The van der Waals surface area contributed by atoms with E-state index in [1.54, 1.807) is 6.20 Å². The molecule has 0 aromatic carbocycles. The van der Waals surface area contributed by atoms with Crippen LogP contribution in [-0.4, -0.2) is 25.0 Å². The minimum Gasteiger partial charge on any atom is -0.310 e. The maximum Gasteiger partial charge on any atom is 0.184 e. The van der Waals surface area contributed by atoms with Gasteiger partial charge in [-0.15, -0.1) is 15.3 Å². The van der Waals surface area contributed by atoms with E-state index in [-0.39, 0.29) is 0 Å². The first kappa shape index (κ1) is 9.45. The molecule has 3 heterocycles. The summed E-state index contributed by atoms with van der Waals surface area (Å²) >= 11 is 0. The van der Waals surface area contributed by atoms with E-state index in [1.165, 1.54) is 19.3 Å². The van der Waals surface area contributed by atoms with Crippen LogP contribution in [0, 0.1) is 0 Å². The predicted octanol–water partition coefficient (Wildman–Crippen LogP) is 1.46. The molecule has 1 aliphatic heterocycles. The second kappa shape index (κ2) is 4.00. The molecule has 0 N–H and O–H groups in total. The molecule has 0 radical (unpaired) electrons. The van der Waals surface area contributed by atoms with Crippen molar-refractivity contribution >= 4 is 0 Å². The Kier molecular flexibility index (Phi) is 2.36. The van der Waals surface area contributed by atoms with E-state index < -0.39 is 0 Å². The number of hydrogen-bond acceptors (Lipinski definition) is 4. The Bertz CT molecular complexity index is 476. The van der Waals surface area contributed by atoms with E-state index in [0.29, 0.717) is 0 Å². The Labute approximate surface area is 93.5 Å². The van der Waals surface area contributed by atoms with Crippen LogP contribution in [-0.2, 0) is 13.0 Å². The van der Waals surface area contributed by atoms with Crippen molar-refractivity contribution in [3.05, 3.63) is 24.2 Å². The van der Waals surface area contributed by atoms with Gasteiger partial charge in [0.2, 0.25) is 0 Å². The molecule has 0 fully saturated rings. The normalized spacial score (nSPS) is 15.5. The Morgan fingerprint density at radius 2 is 2.06 bits per heavy atom. The fourth-order valence-corrected chi connectivity index (χ4v) is 2.10. The molecule has 0 atom stereocenters. The van der Waals surface area contributed by atoms with Gasteiger partial charge in [0, 0.05) is 19.2 Å². The summed E-state index contributed by atoms with van der Waals surface area (Å²) in [7, 11) is 0. The fraction of sp³-hybridized carbons (Fsp3) is 0.455. The fourth-order valence-electron chi connectivity index (χ4n) is 2.10. The molecule has 1 aliphatic rings. The molecule has 0 saturated heterocycles. The number of aryl methyl sites for hydroxylation is 1. The first-order valence-electron chi connectivity index (χ1n) is 5.65. The van der Waals surface area contributed by atoms with Gasteiger partial charge in [0.15, 0.2) is 5.82 Å². The first-order valence-corrected chi connectivity index (χ1v) is 5.65. The second-order valence-electron chi connectivity index (χ2n) is 4.01. The van der Waals surface area contributed by atoms with Gasteiger partial charge in [0.1, 0.15) is 11.5 Å². The largest absolute Gasteiger partial charge is 0.310 e. The highest BCUT2D eigenvalue weighted by Gasteiger charge is 2.16. The summed E-state index contributed by atoms with van der Waals surface area (Å²) < 4.78 is 2.18. The summed E-state index contributed by atoms with van der Waals surface area (Å²) in [5.74, 6) is 1.93. The van der Waals surface area contributed by atoms with Crippen LogP contribution in [0.5, 0.6) is 0 Å². The van der Waals surface area contributed by atoms with Gasteiger partial charge in [-0.25, -0.2) is 0 Å². The third-order valence-corrected chi connectivity index (χ3v) is 2.91. The van der Waals surface area contributed by atoms with Crippen molar-refractivity contribution in [2.24, 2.45) is 0 Å². The summed E-state index contributed by atoms with van der Waals surface area (Å²) in [6, 6.07) is 3.80. The van der Waals surface area contributed by atoms with E-state index in [0.717, 1.165) is 30.3 Å². The van der Waals surface area contributed by atoms with Crippen molar-refractivity contribution in [1.82, 2.24) is 25.0 Å². The second-order valence-corrected chi connectivity index (χ2v) is 4.01. The van der Waals surface area contributed by atoms with Crippen molar-refractivity contribution in [2.75, 3.05) is 0 Å².